The molecule has 3 N–H and O–H groups in total. The average molecular weight is 372 g/mol. The third-order valence-electron chi connectivity index (χ3n) is 4.03. The van der Waals surface area contributed by atoms with Gasteiger partial charge in [0.25, 0.3) is 0 Å². The smallest absolute Gasteiger partial charge is 0.226 e. The summed E-state index contributed by atoms with van der Waals surface area (Å²) in [6, 6.07) is 9.77. The lowest BCUT2D eigenvalue weighted by atomic mass is 10.1. The monoisotopic (exact) mass is 371 g/mol. The van der Waals surface area contributed by atoms with Gasteiger partial charge in [0, 0.05) is 18.2 Å². The molecule has 2 aromatic rings. The van der Waals surface area contributed by atoms with E-state index in [1.165, 1.54) is 0 Å². The number of carbonyl (C=O) groups is 1. The van der Waals surface area contributed by atoms with Gasteiger partial charge in [0.05, 0.1) is 12.1 Å². The number of nitrogens with one attached hydrogen (secondary N) is 1. The molecule has 1 aromatic heterocycles. The van der Waals surface area contributed by atoms with Crippen molar-refractivity contribution in [2.24, 2.45) is 11.7 Å². The van der Waals surface area contributed by atoms with Crippen LogP contribution in [0.5, 0.6) is 0 Å². The van der Waals surface area contributed by atoms with Crippen LogP contribution in [0.3, 0.4) is 0 Å². The molecule has 0 saturated heterocycles. The topological polar surface area (TPSA) is 81.2 Å². The van der Waals surface area contributed by atoms with E-state index in [2.05, 4.69) is 10.3 Å². The van der Waals surface area contributed by atoms with Crippen molar-refractivity contribution in [2.75, 3.05) is 6.54 Å². The van der Waals surface area contributed by atoms with Gasteiger partial charge in [-0.3, -0.25) is 4.79 Å². The van der Waals surface area contributed by atoms with Crippen LogP contribution in [-0.4, -0.2) is 23.5 Å². The first-order chi connectivity index (χ1) is 10.7. The maximum absolute atomic E-state index is 12.2. The first kappa shape index (κ1) is 20.5. The number of carbonyl (C=O) groups excluding carboxylic acids is 1. The highest BCUT2D eigenvalue weighted by Crippen LogP contribution is 2.32. The fourth-order valence-electron chi connectivity index (χ4n) is 2.57. The summed E-state index contributed by atoms with van der Waals surface area (Å²) in [7, 11) is 0. The molecular weight excluding hydrogens is 349 g/mol. The molecule has 1 aliphatic rings. The Bertz CT molecular complexity index is 657. The van der Waals surface area contributed by atoms with Crippen LogP contribution in [0.1, 0.15) is 24.3 Å². The minimum Gasteiger partial charge on any atom is -0.441 e. The molecule has 132 valence electrons. The summed E-state index contributed by atoms with van der Waals surface area (Å²) in [5.41, 5.74) is 7.31. The van der Waals surface area contributed by atoms with E-state index in [0.29, 0.717) is 29.8 Å². The van der Waals surface area contributed by atoms with Crippen LogP contribution in [0, 0.1) is 12.8 Å². The summed E-state index contributed by atoms with van der Waals surface area (Å²) >= 11 is 0. The predicted octanol–water partition coefficient (Wildman–Crippen LogP) is 2.89. The summed E-state index contributed by atoms with van der Waals surface area (Å²) in [6.07, 6.45) is 2.54. The Hall–Kier alpha value is -1.56. The molecule has 1 heterocycles. The minimum atomic E-state index is -0.0432. The molecule has 0 aliphatic heterocycles. The number of hydrogen-bond donors (Lipinski definition) is 2. The summed E-state index contributed by atoms with van der Waals surface area (Å²) in [6.45, 7) is 2.33. The second kappa shape index (κ2) is 9.06. The highest BCUT2D eigenvalue weighted by Gasteiger charge is 2.31. The standard InChI is InChI=1S/C17H21N3O2.2ClH/c1-11-14(9-16(21)19-15(10-18)12-7-8-12)20-17(22-11)13-5-3-2-4-6-13;;/h2-6,12,15H,7-10,18H2,1H3,(H,19,21);2*1H. The van der Waals surface area contributed by atoms with Crippen molar-refractivity contribution in [1.29, 1.82) is 0 Å². The van der Waals surface area contributed by atoms with Crippen LogP contribution in [0.4, 0.5) is 0 Å². The Morgan fingerprint density at radius 2 is 2.00 bits per heavy atom. The third-order valence-corrected chi connectivity index (χ3v) is 4.03. The van der Waals surface area contributed by atoms with Gasteiger partial charge in [-0.05, 0) is 37.8 Å². The zero-order valence-electron chi connectivity index (χ0n) is 13.5. The number of nitrogens with zero attached hydrogens (tertiary/aromatic N) is 1. The largest absolute Gasteiger partial charge is 0.441 e. The van der Waals surface area contributed by atoms with Crippen molar-refractivity contribution in [3.63, 3.8) is 0 Å². The number of hydrogen-bond acceptors (Lipinski definition) is 4. The maximum atomic E-state index is 12.2. The van der Waals surface area contributed by atoms with Crippen molar-refractivity contribution in [3.05, 3.63) is 41.8 Å². The quantitative estimate of drug-likeness (QED) is 0.817. The number of nitrogens with two attached hydrogens (primary N) is 1. The highest BCUT2D eigenvalue weighted by atomic mass is 35.5. The fraction of sp³-hybridized carbons (Fsp3) is 0.412. The highest BCUT2D eigenvalue weighted by molar-refractivity contribution is 5.85. The molecule has 1 aromatic carbocycles. The van der Waals surface area contributed by atoms with Crippen molar-refractivity contribution in [2.45, 2.75) is 32.2 Å². The van der Waals surface area contributed by atoms with E-state index in [0.717, 1.165) is 18.4 Å². The van der Waals surface area contributed by atoms with Gasteiger partial charge in [-0.15, -0.1) is 24.8 Å². The average Bonchev–Trinajstić information content (AvgIpc) is 3.31. The summed E-state index contributed by atoms with van der Waals surface area (Å²) in [4.78, 5) is 16.6. The molecule has 3 rings (SSSR count). The third kappa shape index (κ3) is 4.97. The number of aryl methyl sites for hydroxylation is 1. The lowest BCUT2D eigenvalue weighted by Crippen LogP contribution is -2.42. The Balaban J connectivity index is 0.00000144. The van der Waals surface area contributed by atoms with Crippen LogP contribution in [0.15, 0.2) is 34.7 Å². The van der Waals surface area contributed by atoms with Crippen molar-refractivity contribution in [3.8, 4) is 11.5 Å². The summed E-state index contributed by atoms with van der Waals surface area (Å²) in [5.74, 6) is 1.74. The van der Waals surface area contributed by atoms with Crippen LogP contribution in [0.25, 0.3) is 11.5 Å². The van der Waals surface area contributed by atoms with Gasteiger partial charge in [0.15, 0.2) is 0 Å². The molecule has 1 fully saturated rings. The molecule has 1 aliphatic carbocycles. The fourth-order valence-corrected chi connectivity index (χ4v) is 2.57. The van der Waals surface area contributed by atoms with Gasteiger partial charge in [-0.1, -0.05) is 18.2 Å². The summed E-state index contributed by atoms with van der Waals surface area (Å²) < 4.78 is 5.68. The molecule has 1 saturated carbocycles. The molecule has 0 bridgehead atoms. The molecular formula is C17H23Cl2N3O2. The van der Waals surface area contributed by atoms with Gasteiger partial charge < -0.3 is 15.5 Å². The number of aromatic nitrogens is 1. The van der Waals surface area contributed by atoms with E-state index in [4.69, 9.17) is 10.2 Å². The number of oxazole rings is 1. The Kier molecular flexibility index (Phi) is 7.73. The first-order valence-corrected chi connectivity index (χ1v) is 7.68. The Morgan fingerprint density at radius 1 is 1.33 bits per heavy atom. The van der Waals surface area contributed by atoms with E-state index in [9.17, 15) is 4.79 Å². The molecule has 0 spiro atoms. The lowest BCUT2D eigenvalue weighted by molar-refractivity contribution is -0.121. The lowest BCUT2D eigenvalue weighted by Gasteiger charge is -2.15. The zero-order chi connectivity index (χ0) is 15.5. The second-order valence-electron chi connectivity index (χ2n) is 5.81. The first-order valence-electron chi connectivity index (χ1n) is 7.68. The van der Waals surface area contributed by atoms with Crippen LogP contribution in [0.2, 0.25) is 0 Å². The molecule has 1 amide bonds. The van der Waals surface area contributed by atoms with E-state index < -0.39 is 0 Å². The van der Waals surface area contributed by atoms with Crippen molar-refractivity contribution in [1.82, 2.24) is 10.3 Å². The Morgan fingerprint density at radius 3 is 2.58 bits per heavy atom. The van der Waals surface area contributed by atoms with E-state index in [1.807, 2.05) is 37.3 Å². The van der Waals surface area contributed by atoms with Crippen LogP contribution >= 0.6 is 24.8 Å². The minimum absolute atomic E-state index is 0. The zero-order valence-corrected chi connectivity index (χ0v) is 15.2. The van der Waals surface area contributed by atoms with Crippen molar-refractivity contribution < 1.29 is 9.21 Å². The molecule has 1 unspecified atom stereocenters. The molecule has 5 nitrogen and oxygen atoms in total. The van der Waals surface area contributed by atoms with Gasteiger partial charge in [0.2, 0.25) is 11.8 Å². The predicted molar refractivity (Wildman–Crippen MR) is 98.6 cm³/mol. The van der Waals surface area contributed by atoms with Crippen molar-refractivity contribution >= 4 is 30.7 Å². The molecule has 0 radical (unpaired) electrons. The molecule has 24 heavy (non-hydrogen) atoms. The van der Waals surface area contributed by atoms with Crippen LogP contribution in [-0.2, 0) is 11.2 Å². The second-order valence-corrected chi connectivity index (χ2v) is 5.81. The SMILES string of the molecule is Cc1oc(-c2ccccc2)nc1CC(=O)NC(CN)C1CC1.Cl.Cl. The van der Waals surface area contributed by atoms with Gasteiger partial charge in [-0.2, -0.15) is 0 Å². The molecule has 1 atom stereocenters. The Labute approximate surface area is 154 Å². The van der Waals surface area contributed by atoms with Gasteiger partial charge in [0.1, 0.15) is 5.76 Å². The van der Waals surface area contributed by atoms with Crippen LogP contribution < -0.4 is 11.1 Å². The maximum Gasteiger partial charge on any atom is 0.226 e. The number of rotatable bonds is 6. The van der Waals surface area contributed by atoms with Gasteiger partial charge in [-0.25, -0.2) is 4.98 Å². The normalized spacial score (nSPS) is 14.2. The summed E-state index contributed by atoms with van der Waals surface area (Å²) in [5, 5.41) is 3.01. The number of benzene rings is 1. The molecule has 7 heteroatoms. The van der Waals surface area contributed by atoms with E-state index in [-0.39, 0.29) is 43.2 Å². The van der Waals surface area contributed by atoms with E-state index >= 15 is 0 Å². The van der Waals surface area contributed by atoms with E-state index in [1.54, 1.807) is 0 Å². The number of amides is 1. The number of halogens is 2. The van der Waals surface area contributed by atoms with Gasteiger partial charge >= 0.3 is 0 Å².